The highest BCUT2D eigenvalue weighted by Gasteiger charge is 2.32. The highest BCUT2D eigenvalue weighted by atomic mass is 16.5. The second kappa shape index (κ2) is 5.36. The lowest BCUT2D eigenvalue weighted by Crippen LogP contribution is -2.45. The third-order valence-electron chi connectivity index (χ3n) is 4.12. The van der Waals surface area contributed by atoms with Gasteiger partial charge in [-0.25, -0.2) is 0 Å². The Morgan fingerprint density at radius 3 is 2.65 bits per heavy atom. The molecule has 0 amide bonds. The van der Waals surface area contributed by atoms with Gasteiger partial charge in [-0.15, -0.1) is 0 Å². The molecule has 4 unspecified atom stereocenters. The molecule has 2 aliphatic heterocycles. The normalized spacial score (nSPS) is 39.4. The largest absolute Gasteiger partial charge is 0.481 e. The fourth-order valence-corrected chi connectivity index (χ4v) is 3.00. The van der Waals surface area contributed by atoms with E-state index in [2.05, 4.69) is 18.7 Å². The Hall–Kier alpha value is -0.610. The summed E-state index contributed by atoms with van der Waals surface area (Å²) < 4.78 is 5.83. The number of carboxylic acid groups (broad SMARTS) is 1. The smallest absolute Gasteiger partial charge is 0.306 e. The van der Waals surface area contributed by atoms with E-state index >= 15 is 0 Å². The van der Waals surface area contributed by atoms with E-state index in [4.69, 9.17) is 9.84 Å². The van der Waals surface area contributed by atoms with Crippen molar-refractivity contribution in [2.45, 2.75) is 57.8 Å². The van der Waals surface area contributed by atoms with Gasteiger partial charge in [0.15, 0.2) is 0 Å². The maximum absolute atomic E-state index is 11.0. The lowest BCUT2D eigenvalue weighted by atomic mass is 9.91. The van der Waals surface area contributed by atoms with Crippen LogP contribution in [0.2, 0.25) is 0 Å². The summed E-state index contributed by atoms with van der Waals surface area (Å²) >= 11 is 0. The number of rotatable bonds is 3. The zero-order chi connectivity index (χ0) is 12.4. The van der Waals surface area contributed by atoms with E-state index in [1.54, 1.807) is 0 Å². The highest BCUT2D eigenvalue weighted by molar-refractivity contribution is 5.70. The average Bonchev–Trinajstić information content (AvgIpc) is 2.67. The van der Waals surface area contributed by atoms with Crippen molar-refractivity contribution in [3.63, 3.8) is 0 Å². The fraction of sp³-hybridized carbons (Fsp3) is 0.923. The van der Waals surface area contributed by atoms with E-state index in [1.807, 2.05) is 0 Å². The van der Waals surface area contributed by atoms with Crippen molar-refractivity contribution in [1.29, 1.82) is 0 Å². The molecule has 2 aliphatic rings. The molecule has 4 nitrogen and oxygen atoms in total. The maximum Gasteiger partial charge on any atom is 0.306 e. The van der Waals surface area contributed by atoms with Crippen molar-refractivity contribution in [3.8, 4) is 0 Å². The van der Waals surface area contributed by atoms with Crippen LogP contribution in [0.25, 0.3) is 0 Å². The van der Waals surface area contributed by atoms with Crippen molar-refractivity contribution in [2.24, 2.45) is 5.92 Å². The molecule has 0 aromatic heterocycles. The first-order valence-electron chi connectivity index (χ1n) is 6.68. The van der Waals surface area contributed by atoms with Gasteiger partial charge in [-0.3, -0.25) is 9.69 Å². The summed E-state index contributed by atoms with van der Waals surface area (Å²) in [5.74, 6) is -0.785. The van der Waals surface area contributed by atoms with Crippen molar-refractivity contribution < 1.29 is 14.6 Å². The summed E-state index contributed by atoms with van der Waals surface area (Å²) in [5.41, 5.74) is 0. The average molecular weight is 241 g/mol. The molecule has 0 aromatic carbocycles. The van der Waals surface area contributed by atoms with Gasteiger partial charge in [0.1, 0.15) is 0 Å². The molecule has 0 radical (unpaired) electrons. The summed E-state index contributed by atoms with van der Waals surface area (Å²) in [6, 6.07) is 0.365. The SMILES string of the molecule is CC1CCC(CN2CCC(C(=O)O)CC2C)O1. The predicted octanol–water partition coefficient (Wildman–Crippen LogP) is 1.74. The van der Waals surface area contributed by atoms with Crippen LogP contribution in [-0.2, 0) is 9.53 Å². The number of aliphatic carboxylic acids is 1. The van der Waals surface area contributed by atoms with E-state index < -0.39 is 5.97 Å². The first-order chi connectivity index (χ1) is 8.06. The number of carboxylic acids is 1. The second-order valence-corrected chi connectivity index (χ2v) is 5.55. The van der Waals surface area contributed by atoms with Crippen molar-refractivity contribution in [2.75, 3.05) is 13.1 Å². The van der Waals surface area contributed by atoms with Crippen LogP contribution >= 0.6 is 0 Å². The molecule has 0 aliphatic carbocycles. The van der Waals surface area contributed by atoms with Crippen LogP contribution in [0.3, 0.4) is 0 Å². The van der Waals surface area contributed by atoms with Gasteiger partial charge in [-0.05, 0) is 46.1 Å². The third-order valence-corrected chi connectivity index (χ3v) is 4.12. The monoisotopic (exact) mass is 241 g/mol. The molecular weight excluding hydrogens is 218 g/mol. The van der Waals surface area contributed by atoms with E-state index in [1.165, 1.54) is 0 Å². The molecule has 2 heterocycles. The van der Waals surface area contributed by atoms with Crippen molar-refractivity contribution >= 4 is 5.97 Å². The van der Waals surface area contributed by atoms with E-state index in [0.717, 1.165) is 38.8 Å². The predicted molar refractivity (Wildman–Crippen MR) is 65.0 cm³/mol. The second-order valence-electron chi connectivity index (χ2n) is 5.55. The first kappa shape index (κ1) is 12.8. The Balaban J connectivity index is 1.81. The van der Waals surface area contributed by atoms with E-state index in [-0.39, 0.29) is 5.92 Å². The maximum atomic E-state index is 11.0. The van der Waals surface area contributed by atoms with Gasteiger partial charge in [0.25, 0.3) is 0 Å². The van der Waals surface area contributed by atoms with Gasteiger partial charge in [0.05, 0.1) is 18.1 Å². The lowest BCUT2D eigenvalue weighted by Gasteiger charge is -2.37. The van der Waals surface area contributed by atoms with Crippen LogP contribution in [-0.4, -0.2) is 47.3 Å². The molecule has 0 spiro atoms. The third kappa shape index (κ3) is 3.19. The molecule has 2 rings (SSSR count). The van der Waals surface area contributed by atoms with E-state index in [0.29, 0.717) is 18.2 Å². The fourth-order valence-electron chi connectivity index (χ4n) is 3.00. The molecule has 4 heteroatoms. The lowest BCUT2D eigenvalue weighted by molar-refractivity contribution is -0.144. The van der Waals surface area contributed by atoms with Gasteiger partial charge in [-0.2, -0.15) is 0 Å². The quantitative estimate of drug-likeness (QED) is 0.817. The zero-order valence-electron chi connectivity index (χ0n) is 10.8. The van der Waals surface area contributed by atoms with Crippen LogP contribution in [0.5, 0.6) is 0 Å². The highest BCUT2D eigenvalue weighted by Crippen LogP contribution is 2.26. The topological polar surface area (TPSA) is 49.8 Å². The Labute approximate surface area is 103 Å². The molecule has 1 N–H and O–H groups in total. The molecule has 0 bridgehead atoms. The van der Waals surface area contributed by atoms with Gasteiger partial charge in [0, 0.05) is 12.6 Å². The van der Waals surface area contributed by atoms with Crippen LogP contribution in [0, 0.1) is 5.92 Å². The first-order valence-corrected chi connectivity index (χ1v) is 6.68. The number of hydrogen-bond acceptors (Lipinski definition) is 3. The number of likely N-dealkylation sites (tertiary alicyclic amines) is 1. The molecule has 98 valence electrons. The minimum absolute atomic E-state index is 0.148. The minimum atomic E-state index is -0.637. The van der Waals surface area contributed by atoms with Crippen molar-refractivity contribution in [1.82, 2.24) is 4.90 Å². The summed E-state index contributed by atoms with van der Waals surface area (Å²) in [6.45, 7) is 6.12. The van der Waals surface area contributed by atoms with Crippen LogP contribution in [0.4, 0.5) is 0 Å². The number of ether oxygens (including phenoxy) is 1. The molecular formula is C13H23NO3. The Kier molecular flexibility index (Phi) is 4.05. The summed E-state index contributed by atoms with van der Waals surface area (Å²) in [4.78, 5) is 13.3. The summed E-state index contributed by atoms with van der Waals surface area (Å²) in [5, 5.41) is 9.02. The van der Waals surface area contributed by atoms with Crippen LogP contribution in [0.1, 0.15) is 39.5 Å². The molecule has 2 saturated heterocycles. The van der Waals surface area contributed by atoms with E-state index in [9.17, 15) is 4.79 Å². The van der Waals surface area contributed by atoms with Gasteiger partial charge in [0.2, 0.25) is 0 Å². The van der Waals surface area contributed by atoms with Crippen LogP contribution in [0.15, 0.2) is 0 Å². The molecule has 4 atom stereocenters. The minimum Gasteiger partial charge on any atom is -0.481 e. The Morgan fingerprint density at radius 2 is 2.12 bits per heavy atom. The number of hydrogen-bond donors (Lipinski definition) is 1. The number of carbonyl (C=O) groups is 1. The molecule has 0 saturated carbocycles. The van der Waals surface area contributed by atoms with Gasteiger partial charge in [-0.1, -0.05) is 0 Å². The summed E-state index contributed by atoms with van der Waals surface area (Å²) in [6.07, 6.45) is 4.61. The van der Waals surface area contributed by atoms with Crippen molar-refractivity contribution in [3.05, 3.63) is 0 Å². The molecule has 17 heavy (non-hydrogen) atoms. The van der Waals surface area contributed by atoms with Gasteiger partial charge >= 0.3 is 5.97 Å². The van der Waals surface area contributed by atoms with Crippen LogP contribution < -0.4 is 0 Å². The number of piperidine rings is 1. The molecule has 2 fully saturated rings. The molecule has 0 aromatic rings. The standard InChI is InChI=1S/C13H23NO3/c1-9-7-11(13(15)16)5-6-14(9)8-12-4-3-10(2)17-12/h9-12H,3-8H2,1-2H3,(H,15,16). The number of nitrogens with zero attached hydrogens (tertiary/aromatic N) is 1. The Morgan fingerprint density at radius 1 is 1.35 bits per heavy atom. The summed E-state index contributed by atoms with van der Waals surface area (Å²) in [7, 11) is 0. The zero-order valence-corrected chi connectivity index (χ0v) is 10.8. The Bertz CT molecular complexity index is 282. The van der Waals surface area contributed by atoms with Gasteiger partial charge < -0.3 is 9.84 Å².